The summed E-state index contributed by atoms with van der Waals surface area (Å²) in [7, 11) is 0. The van der Waals surface area contributed by atoms with Crippen LogP contribution in [0.4, 0.5) is 0 Å². The third-order valence-corrected chi connectivity index (χ3v) is 9.75. The van der Waals surface area contributed by atoms with Gasteiger partial charge in [0.25, 0.3) is 0 Å². The fraction of sp³-hybridized carbons (Fsp3) is 0.579. The molecule has 1 aliphatic rings. The zero-order chi connectivity index (χ0) is 47.7. The highest BCUT2D eigenvalue weighted by atomic mass is 16.4. The number of aliphatic carboxylic acids is 2. The largest absolute Gasteiger partial charge is 0.508 e. The second-order valence-corrected chi connectivity index (χ2v) is 15.1. The van der Waals surface area contributed by atoms with Crippen molar-refractivity contribution in [3.63, 3.8) is 0 Å². The first kappa shape index (κ1) is 52.5. The molecule has 25 nitrogen and oxygen atoms in total. The van der Waals surface area contributed by atoms with Gasteiger partial charge in [-0.2, -0.15) is 0 Å². The summed E-state index contributed by atoms with van der Waals surface area (Å²) in [6, 6.07) is -6.08. The Labute approximate surface area is 362 Å². The first-order valence-electron chi connectivity index (χ1n) is 20.0. The number of amides is 7. The molecule has 0 aliphatic carbocycles. The van der Waals surface area contributed by atoms with Crippen LogP contribution in [0.25, 0.3) is 0 Å². The van der Waals surface area contributed by atoms with Crippen LogP contribution in [0, 0.1) is 0 Å². The van der Waals surface area contributed by atoms with Gasteiger partial charge in [0.05, 0.1) is 24.7 Å². The lowest BCUT2D eigenvalue weighted by atomic mass is 10.0. The van der Waals surface area contributed by atoms with Crippen LogP contribution in [-0.4, -0.2) is 163 Å². The van der Waals surface area contributed by atoms with E-state index in [0.717, 1.165) is 11.8 Å². The van der Waals surface area contributed by atoms with Gasteiger partial charge < -0.3 is 79.5 Å². The number of guanidine groups is 1. The SMILES string of the molecule is C[C@H](NC(=O)[C@H](C)NC(=O)[C@H](Cc1ccc(O)cc1)NC(=O)[C@@H](NC(=O)[C@@H](N)CC(=O)O)[C@@H](C)O)C(=O)N[C@H](C(=O)N1CCC[C@H]1C(=O)N[C@@H](CCCN=C(N)N)C(=O)O)[C@@H](C)O. The Morgan fingerprint density at radius 1 is 0.746 bits per heavy atom. The Hall–Kier alpha value is -6.60. The molecule has 1 aromatic rings. The predicted molar refractivity (Wildman–Crippen MR) is 221 cm³/mol. The highest BCUT2D eigenvalue weighted by Crippen LogP contribution is 2.20. The fourth-order valence-corrected chi connectivity index (χ4v) is 6.25. The zero-order valence-corrected chi connectivity index (χ0v) is 35.3. The third kappa shape index (κ3) is 17.0. The van der Waals surface area contributed by atoms with Crippen LogP contribution in [0.3, 0.4) is 0 Å². The Bertz CT molecular complexity index is 1840. The van der Waals surface area contributed by atoms with Crippen molar-refractivity contribution in [2.24, 2.45) is 22.2 Å². The maximum atomic E-state index is 13.7. The number of aliphatic hydroxyl groups excluding tert-OH is 2. The van der Waals surface area contributed by atoms with Gasteiger partial charge in [-0.15, -0.1) is 0 Å². The van der Waals surface area contributed by atoms with Crippen molar-refractivity contribution in [1.29, 1.82) is 0 Å². The summed E-state index contributed by atoms with van der Waals surface area (Å²) in [5.41, 5.74) is 16.6. The Balaban J connectivity index is 2.14. The molecule has 2 rings (SSSR count). The van der Waals surface area contributed by atoms with Crippen LogP contribution < -0.4 is 49.1 Å². The van der Waals surface area contributed by atoms with E-state index in [1.807, 2.05) is 0 Å². The molecule has 0 unspecified atom stereocenters. The number of carbonyl (C=O) groups excluding carboxylic acids is 7. The molecule has 0 aromatic heterocycles. The number of nitrogens with two attached hydrogens (primary N) is 3. The van der Waals surface area contributed by atoms with Crippen molar-refractivity contribution in [3.8, 4) is 5.75 Å². The summed E-state index contributed by atoms with van der Waals surface area (Å²) < 4.78 is 0. The van der Waals surface area contributed by atoms with E-state index >= 15 is 0 Å². The van der Waals surface area contributed by atoms with Gasteiger partial charge in [-0.3, -0.25) is 43.3 Å². The first-order valence-corrected chi connectivity index (χ1v) is 20.0. The second-order valence-electron chi connectivity index (χ2n) is 15.1. The van der Waals surface area contributed by atoms with E-state index in [9.17, 15) is 63.6 Å². The summed E-state index contributed by atoms with van der Waals surface area (Å²) in [6.07, 6.45) is -3.37. The summed E-state index contributed by atoms with van der Waals surface area (Å²) in [5.74, 6) is -9.57. The molecule has 0 bridgehead atoms. The van der Waals surface area contributed by atoms with E-state index in [4.69, 9.17) is 22.3 Å². The van der Waals surface area contributed by atoms with Crippen molar-refractivity contribution in [3.05, 3.63) is 29.8 Å². The minimum absolute atomic E-state index is 0.0201. The average molecular weight is 894 g/mol. The highest BCUT2D eigenvalue weighted by Gasteiger charge is 2.41. The zero-order valence-electron chi connectivity index (χ0n) is 35.3. The minimum Gasteiger partial charge on any atom is -0.508 e. The maximum Gasteiger partial charge on any atom is 0.326 e. The van der Waals surface area contributed by atoms with E-state index < -0.39 is 120 Å². The lowest BCUT2D eigenvalue weighted by Gasteiger charge is -2.31. The summed E-state index contributed by atoms with van der Waals surface area (Å²) >= 11 is 0. The topological polar surface area (TPSA) is 421 Å². The number of aliphatic imine (C=N–C) groups is 1. The van der Waals surface area contributed by atoms with Gasteiger partial charge >= 0.3 is 11.9 Å². The smallest absolute Gasteiger partial charge is 0.326 e. The lowest BCUT2D eigenvalue weighted by molar-refractivity contribution is -0.146. The minimum atomic E-state index is -1.71. The number of hydrogen-bond donors (Lipinski definition) is 14. The quantitative estimate of drug-likeness (QED) is 0.0262. The number of hydrogen-bond acceptors (Lipinski definition) is 14. The van der Waals surface area contributed by atoms with Gasteiger partial charge in [0.1, 0.15) is 48.0 Å². The van der Waals surface area contributed by atoms with Crippen molar-refractivity contribution < 1.29 is 68.7 Å². The van der Waals surface area contributed by atoms with Crippen molar-refractivity contribution in [2.75, 3.05) is 13.1 Å². The Morgan fingerprint density at radius 3 is 1.84 bits per heavy atom. The molecule has 7 amide bonds. The fourth-order valence-electron chi connectivity index (χ4n) is 6.25. The maximum absolute atomic E-state index is 13.7. The van der Waals surface area contributed by atoms with Gasteiger partial charge in [0, 0.05) is 19.5 Å². The van der Waals surface area contributed by atoms with Gasteiger partial charge in [0.2, 0.25) is 41.4 Å². The van der Waals surface area contributed by atoms with E-state index in [1.54, 1.807) is 0 Å². The number of phenols is 1. The van der Waals surface area contributed by atoms with Crippen LogP contribution in [-0.2, 0) is 49.6 Å². The summed E-state index contributed by atoms with van der Waals surface area (Å²) in [4.78, 5) is 121. The molecule has 25 heteroatoms. The number of carboxylic acids is 2. The number of carboxylic acid groups (broad SMARTS) is 2. The van der Waals surface area contributed by atoms with Crippen LogP contribution in [0.15, 0.2) is 29.3 Å². The number of phenolic OH excluding ortho intramolecular Hbond substituents is 1. The van der Waals surface area contributed by atoms with E-state index in [1.165, 1.54) is 45.0 Å². The molecule has 17 N–H and O–H groups in total. The van der Waals surface area contributed by atoms with Gasteiger partial charge in [0.15, 0.2) is 5.96 Å². The van der Waals surface area contributed by atoms with Crippen LogP contribution in [0.2, 0.25) is 0 Å². The predicted octanol–water partition coefficient (Wildman–Crippen LogP) is -5.42. The number of benzene rings is 1. The molecule has 0 saturated carbocycles. The van der Waals surface area contributed by atoms with E-state index in [2.05, 4.69) is 36.9 Å². The molecule has 1 aliphatic heterocycles. The Morgan fingerprint density at radius 2 is 1.30 bits per heavy atom. The molecule has 0 spiro atoms. The molecule has 63 heavy (non-hydrogen) atoms. The van der Waals surface area contributed by atoms with E-state index in [0.29, 0.717) is 12.0 Å². The number of rotatable bonds is 24. The second kappa shape index (κ2) is 24.7. The van der Waals surface area contributed by atoms with E-state index in [-0.39, 0.29) is 50.5 Å². The number of nitrogens with one attached hydrogen (secondary N) is 6. The van der Waals surface area contributed by atoms with Crippen molar-refractivity contribution >= 4 is 59.2 Å². The molecule has 1 aromatic carbocycles. The average Bonchev–Trinajstić information content (AvgIpc) is 3.69. The molecular weight excluding hydrogens is 834 g/mol. The van der Waals surface area contributed by atoms with Gasteiger partial charge in [-0.05, 0) is 71.1 Å². The standard InChI is InChI=1S/C38H59N11O14/c1-17(44-33(58)25(15-21-9-11-22(52)12-10-21)46-35(60)28(19(3)50)47-32(57)23(39)16-27(53)54)30(55)43-18(2)31(56)48-29(20(4)51)36(61)49-14-6-8-26(49)34(59)45-24(37(62)63)7-5-13-42-38(40)41/h9-12,17-20,23-26,28-29,50-52H,5-8,13-16,39H2,1-4H3,(H,43,55)(H,44,58)(H,45,59)(H,46,60)(H,47,57)(H,48,56)(H,53,54)(H,62,63)(H4,40,41,42)/t17-,18-,19+,20+,23-,24-,25-,26-,28-,29-/m0/s1. The summed E-state index contributed by atoms with van der Waals surface area (Å²) in [6.45, 7) is 5.02. The molecule has 1 fully saturated rings. The lowest BCUT2D eigenvalue weighted by Crippen LogP contribution is -2.61. The highest BCUT2D eigenvalue weighted by molar-refractivity contribution is 5.98. The third-order valence-electron chi connectivity index (χ3n) is 9.75. The first-order chi connectivity index (χ1) is 29.4. The van der Waals surface area contributed by atoms with Crippen molar-refractivity contribution in [1.82, 2.24) is 36.8 Å². The Kier molecular flexibility index (Phi) is 20.6. The normalized spacial score (nSPS) is 17.7. The molecule has 0 radical (unpaired) electrons. The number of aromatic hydroxyl groups is 1. The van der Waals surface area contributed by atoms with Gasteiger partial charge in [-0.25, -0.2) is 4.79 Å². The van der Waals surface area contributed by atoms with Crippen molar-refractivity contribution in [2.45, 2.75) is 127 Å². The molecule has 350 valence electrons. The number of likely N-dealkylation sites (tertiary alicyclic amines) is 1. The number of carbonyl (C=O) groups is 9. The van der Waals surface area contributed by atoms with Crippen LogP contribution in [0.5, 0.6) is 5.75 Å². The molecule has 1 saturated heterocycles. The van der Waals surface area contributed by atoms with Crippen LogP contribution in [0.1, 0.15) is 65.4 Å². The summed E-state index contributed by atoms with van der Waals surface area (Å²) in [5, 5.41) is 63.2. The molecule has 1 heterocycles. The number of nitrogens with zero attached hydrogens (tertiary/aromatic N) is 2. The molecule has 10 atom stereocenters. The number of aliphatic hydroxyl groups is 2. The molecular formula is C38H59N11O14. The van der Waals surface area contributed by atoms with Crippen LogP contribution >= 0.6 is 0 Å². The monoisotopic (exact) mass is 893 g/mol. The van der Waals surface area contributed by atoms with Gasteiger partial charge in [-0.1, -0.05) is 12.1 Å².